The molecule has 3 aromatic heterocycles. The van der Waals surface area contributed by atoms with Crippen molar-refractivity contribution < 1.29 is 27.7 Å². The van der Waals surface area contributed by atoms with Crippen molar-refractivity contribution in [3.63, 3.8) is 0 Å². The number of rotatable bonds is 11. The second kappa shape index (κ2) is 12.5. The van der Waals surface area contributed by atoms with Gasteiger partial charge in [-0.25, -0.2) is 18.4 Å². The molecule has 1 aliphatic rings. The molecule has 1 N–H and O–H groups in total. The standard InChI is InChI=1S/C24H32ClN7O6S/c1-14(20(36-2)21-26-9-16(25)10-27-21)39(34,35)12-18-30-31-22(17-8-6-5-7-15(17)11-33)32(18)19-23(37-3)28-13-29-24(19)38-4/h9-10,13-15,17,20,33H,5-8,11-12H2,1-4H3/t14-,15+,17-,20-/m0/s1. The molecule has 3 heterocycles. The maximum Gasteiger partial charge on any atom is 0.245 e. The van der Waals surface area contributed by atoms with Gasteiger partial charge in [-0.05, 0) is 25.7 Å². The Hall–Kier alpha value is -2.94. The Balaban J connectivity index is 1.81. The fourth-order valence-electron chi connectivity index (χ4n) is 4.99. The first kappa shape index (κ1) is 29.1. The number of aromatic nitrogens is 7. The average molecular weight is 582 g/mol. The van der Waals surface area contributed by atoms with Crippen LogP contribution in [0.5, 0.6) is 11.8 Å². The number of hydrogen-bond donors (Lipinski definition) is 1. The Labute approximate surface area is 231 Å². The highest BCUT2D eigenvalue weighted by atomic mass is 35.5. The molecular weight excluding hydrogens is 550 g/mol. The van der Waals surface area contributed by atoms with E-state index in [0.29, 0.717) is 10.8 Å². The van der Waals surface area contributed by atoms with Crippen molar-refractivity contribution >= 4 is 21.4 Å². The summed E-state index contributed by atoms with van der Waals surface area (Å²) in [6, 6.07) is 0. The molecule has 4 atom stereocenters. The van der Waals surface area contributed by atoms with Crippen LogP contribution in [-0.4, -0.2) is 81.4 Å². The maximum atomic E-state index is 13.8. The lowest BCUT2D eigenvalue weighted by Gasteiger charge is -2.30. The second-order valence-corrected chi connectivity index (χ2v) is 12.1. The van der Waals surface area contributed by atoms with Gasteiger partial charge in [-0.1, -0.05) is 24.4 Å². The van der Waals surface area contributed by atoms with Gasteiger partial charge in [-0.3, -0.25) is 4.57 Å². The minimum atomic E-state index is -3.92. The molecule has 0 aliphatic heterocycles. The van der Waals surface area contributed by atoms with Crippen LogP contribution in [0.25, 0.3) is 5.69 Å². The number of nitrogens with zero attached hydrogens (tertiary/aromatic N) is 7. The van der Waals surface area contributed by atoms with Crippen LogP contribution in [0.3, 0.4) is 0 Å². The Morgan fingerprint density at radius 1 is 1.05 bits per heavy atom. The lowest BCUT2D eigenvalue weighted by Crippen LogP contribution is -2.30. The van der Waals surface area contributed by atoms with E-state index in [2.05, 4.69) is 30.1 Å². The first-order valence-corrected chi connectivity index (χ1v) is 14.5. The Kier molecular flexibility index (Phi) is 9.31. The summed E-state index contributed by atoms with van der Waals surface area (Å²) in [4.78, 5) is 16.7. The smallest absolute Gasteiger partial charge is 0.245 e. The first-order valence-electron chi connectivity index (χ1n) is 12.5. The van der Waals surface area contributed by atoms with E-state index in [-0.39, 0.29) is 47.5 Å². The molecule has 3 aromatic rings. The van der Waals surface area contributed by atoms with Gasteiger partial charge in [0.1, 0.15) is 24.0 Å². The van der Waals surface area contributed by atoms with Gasteiger partial charge in [0.25, 0.3) is 0 Å². The molecule has 0 saturated heterocycles. The topological polar surface area (TPSA) is 164 Å². The minimum Gasteiger partial charge on any atom is -0.479 e. The zero-order chi connectivity index (χ0) is 28.2. The van der Waals surface area contributed by atoms with Crippen LogP contribution in [-0.2, 0) is 20.3 Å². The molecule has 1 saturated carbocycles. The van der Waals surface area contributed by atoms with E-state index in [1.807, 2.05) is 0 Å². The fraction of sp³-hybridized carbons (Fsp3) is 0.583. The molecule has 1 aliphatic carbocycles. The third-order valence-electron chi connectivity index (χ3n) is 7.07. The lowest BCUT2D eigenvalue weighted by atomic mass is 9.79. The zero-order valence-electron chi connectivity index (χ0n) is 22.2. The molecule has 13 nitrogen and oxygen atoms in total. The summed E-state index contributed by atoms with van der Waals surface area (Å²) in [7, 11) is 0.360. The lowest BCUT2D eigenvalue weighted by molar-refractivity contribution is 0.0948. The van der Waals surface area contributed by atoms with E-state index in [4.69, 9.17) is 25.8 Å². The normalized spacial score (nSPS) is 19.4. The Morgan fingerprint density at radius 2 is 1.69 bits per heavy atom. The number of sulfone groups is 1. The first-order chi connectivity index (χ1) is 18.7. The van der Waals surface area contributed by atoms with Gasteiger partial charge in [0, 0.05) is 32.0 Å². The van der Waals surface area contributed by atoms with Gasteiger partial charge < -0.3 is 19.3 Å². The third-order valence-corrected chi connectivity index (χ3v) is 9.30. The van der Waals surface area contributed by atoms with Crippen molar-refractivity contribution in [1.29, 1.82) is 0 Å². The Bertz CT molecular complexity index is 1350. The summed E-state index contributed by atoms with van der Waals surface area (Å²) in [6.45, 7) is 1.50. The van der Waals surface area contributed by atoms with Crippen molar-refractivity contribution in [1.82, 2.24) is 34.7 Å². The van der Waals surface area contributed by atoms with Gasteiger partial charge in [0.05, 0.1) is 24.5 Å². The van der Waals surface area contributed by atoms with Gasteiger partial charge >= 0.3 is 0 Å². The largest absolute Gasteiger partial charge is 0.479 e. The predicted molar refractivity (Wildman–Crippen MR) is 141 cm³/mol. The number of methoxy groups -OCH3 is 3. The molecule has 0 radical (unpaired) electrons. The second-order valence-electron chi connectivity index (χ2n) is 9.31. The molecular formula is C24H32ClN7O6S. The molecule has 15 heteroatoms. The zero-order valence-corrected chi connectivity index (χ0v) is 23.8. The summed E-state index contributed by atoms with van der Waals surface area (Å²) in [5.74, 6) is 0.394. The van der Waals surface area contributed by atoms with E-state index in [0.717, 1.165) is 25.7 Å². The van der Waals surface area contributed by atoms with Gasteiger partial charge in [0.15, 0.2) is 27.2 Å². The molecule has 212 valence electrons. The van der Waals surface area contributed by atoms with Gasteiger partial charge in [0.2, 0.25) is 11.8 Å². The van der Waals surface area contributed by atoms with Crippen LogP contribution in [0.2, 0.25) is 5.02 Å². The van der Waals surface area contributed by atoms with E-state index in [1.54, 1.807) is 4.57 Å². The monoisotopic (exact) mass is 581 g/mol. The van der Waals surface area contributed by atoms with Crippen LogP contribution < -0.4 is 9.47 Å². The highest BCUT2D eigenvalue weighted by Crippen LogP contribution is 2.40. The SMILES string of the molecule is COc1ncnc(OC)c1-n1c(CS(=O)(=O)[C@@H](C)[C@H](OC)c2ncc(Cl)cn2)nnc1[C@H]1CCCC[C@@H]1CO. The van der Waals surface area contributed by atoms with Crippen LogP contribution >= 0.6 is 11.6 Å². The summed E-state index contributed by atoms with van der Waals surface area (Å²) in [6.07, 6.45) is 6.59. The van der Waals surface area contributed by atoms with Crippen LogP contribution in [0, 0.1) is 5.92 Å². The molecule has 39 heavy (non-hydrogen) atoms. The summed E-state index contributed by atoms with van der Waals surface area (Å²) in [5.41, 5.74) is 0.284. The van der Waals surface area contributed by atoms with E-state index >= 15 is 0 Å². The number of ether oxygens (including phenoxy) is 3. The van der Waals surface area contributed by atoms with Crippen molar-refractivity contribution in [2.24, 2.45) is 5.92 Å². The number of halogens is 1. The van der Waals surface area contributed by atoms with Gasteiger partial charge in [-0.15, -0.1) is 10.2 Å². The molecule has 0 unspecified atom stereocenters. The highest BCUT2D eigenvalue weighted by molar-refractivity contribution is 7.91. The van der Waals surface area contributed by atoms with E-state index < -0.39 is 26.9 Å². The summed E-state index contributed by atoms with van der Waals surface area (Å²) < 4.78 is 45.6. The third kappa shape index (κ3) is 5.98. The average Bonchev–Trinajstić information content (AvgIpc) is 3.35. The van der Waals surface area contributed by atoms with E-state index in [1.165, 1.54) is 47.0 Å². The quantitative estimate of drug-likeness (QED) is 0.352. The molecule has 0 aromatic carbocycles. The van der Waals surface area contributed by atoms with Crippen LogP contribution in [0.15, 0.2) is 18.7 Å². The van der Waals surface area contributed by atoms with Crippen LogP contribution in [0.4, 0.5) is 0 Å². The number of aliphatic hydroxyl groups is 1. The molecule has 1 fully saturated rings. The number of aliphatic hydroxyl groups excluding tert-OH is 1. The molecule has 0 bridgehead atoms. The van der Waals surface area contributed by atoms with Crippen molar-refractivity contribution in [2.75, 3.05) is 27.9 Å². The molecule has 0 amide bonds. The van der Waals surface area contributed by atoms with Crippen molar-refractivity contribution in [3.05, 3.63) is 41.2 Å². The highest BCUT2D eigenvalue weighted by Gasteiger charge is 2.38. The molecule has 4 rings (SSSR count). The minimum absolute atomic E-state index is 0.0294. The maximum absolute atomic E-state index is 13.8. The predicted octanol–water partition coefficient (Wildman–Crippen LogP) is 2.48. The Morgan fingerprint density at radius 3 is 2.28 bits per heavy atom. The number of hydrogen-bond acceptors (Lipinski definition) is 12. The summed E-state index contributed by atoms with van der Waals surface area (Å²) in [5, 5.41) is 18.1. The summed E-state index contributed by atoms with van der Waals surface area (Å²) >= 11 is 5.90. The van der Waals surface area contributed by atoms with Gasteiger partial charge in [-0.2, -0.15) is 9.97 Å². The van der Waals surface area contributed by atoms with E-state index in [9.17, 15) is 13.5 Å². The van der Waals surface area contributed by atoms with Crippen molar-refractivity contribution in [2.45, 2.75) is 55.6 Å². The van der Waals surface area contributed by atoms with Crippen molar-refractivity contribution in [3.8, 4) is 17.4 Å². The molecule has 0 spiro atoms. The fourth-order valence-corrected chi connectivity index (χ4v) is 6.50. The van der Waals surface area contributed by atoms with Crippen LogP contribution in [0.1, 0.15) is 62.1 Å².